The van der Waals surface area contributed by atoms with Crippen molar-refractivity contribution in [2.24, 2.45) is 0 Å². The van der Waals surface area contributed by atoms with Gasteiger partial charge in [-0.3, -0.25) is 0 Å². The van der Waals surface area contributed by atoms with Gasteiger partial charge in [-0.15, -0.1) is 24.3 Å². The molecule has 0 fully saturated rings. The van der Waals surface area contributed by atoms with Gasteiger partial charge in [0.25, 0.3) is 0 Å². The number of rotatable bonds is 0. The fraction of sp³-hybridized carbons (Fsp3) is 0. The van der Waals surface area contributed by atoms with Crippen LogP contribution in [0.1, 0.15) is 11.1 Å². The minimum absolute atomic E-state index is 0. The Morgan fingerprint density at radius 3 is 0.690 bits per heavy atom. The van der Waals surface area contributed by atoms with E-state index in [4.69, 9.17) is 10.2 Å². The zero-order chi connectivity index (χ0) is 20.5. The van der Waals surface area contributed by atoms with Gasteiger partial charge in [0, 0.05) is 0 Å². The summed E-state index contributed by atoms with van der Waals surface area (Å²) in [5.41, 5.74) is 2.14. The summed E-state index contributed by atoms with van der Waals surface area (Å²) in [7, 11) is 0. The van der Waals surface area contributed by atoms with Crippen LogP contribution in [0.15, 0.2) is 121 Å². The van der Waals surface area contributed by atoms with Crippen molar-refractivity contribution < 1.29 is 36.4 Å². The Labute approximate surface area is 193 Å². The number of hydrogen-bond acceptors (Lipinski definition) is 2. The molecule has 4 aromatic carbocycles. The molecular weight excluding hydrogens is 436 g/mol. The fourth-order valence-corrected chi connectivity index (χ4v) is 1.81. The van der Waals surface area contributed by atoms with E-state index < -0.39 is 0 Å². The first kappa shape index (κ1) is 26.1. The fourth-order valence-electron chi connectivity index (χ4n) is 1.81. The standard InChI is InChI=1S/2C7H7.2C6H6O.Zr/c2*1-7-5-3-2-4-6-7;2*7-6-4-2-1-3-5-6;/h2*2-6H,1H2;2*1-5,7H;/q2*-1;;;+2. The maximum absolute atomic E-state index is 8.63. The zero-order valence-corrected chi connectivity index (χ0v) is 18.8. The number of aromatic hydroxyl groups is 2. The quantitative estimate of drug-likeness (QED) is 0.293. The Morgan fingerprint density at radius 1 is 0.379 bits per heavy atom. The molecule has 146 valence electrons. The summed E-state index contributed by atoms with van der Waals surface area (Å²) in [6, 6.07) is 37.2. The van der Waals surface area contributed by atoms with E-state index in [-0.39, 0.29) is 26.2 Å². The van der Waals surface area contributed by atoms with Crippen LogP contribution < -0.4 is 0 Å². The molecule has 2 nitrogen and oxygen atoms in total. The molecule has 4 aromatic rings. The van der Waals surface area contributed by atoms with Gasteiger partial charge in [-0.2, -0.15) is 49.2 Å². The number of para-hydroxylation sites is 2. The Bertz CT molecular complexity index is 687. The van der Waals surface area contributed by atoms with Crippen LogP contribution >= 0.6 is 0 Å². The van der Waals surface area contributed by atoms with Crippen molar-refractivity contribution >= 4 is 0 Å². The zero-order valence-electron chi connectivity index (χ0n) is 16.4. The molecule has 2 N–H and O–H groups in total. The Kier molecular flexibility index (Phi) is 15.5. The number of benzene rings is 4. The molecule has 0 saturated carbocycles. The first-order chi connectivity index (χ1) is 13.6. The van der Waals surface area contributed by atoms with E-state index in [1.165, 1.54) is 0 Å². The molecule has 0 radical (unpaired) electrons. The van der Waals surface area contributed by atoms with Crippen LogP contribution in [-0.4, -0.2) is 10.2 Å². The third-order valence-electron chi connectivity index (χ3n) is 3.20. The summed E-state index contributed by atoms with van der Waals surface area (Å²) in [5, 5.41) is 17.3. The van der Waals surface area contributed by atoms with Gasteiger partial charge in [0.05, 0.1) is 0 Å². The molecule has 0 aliphatic rings. The van der Waals surface area contributed by atoms with Crippen molar-refractivity contribution in [2.75, 3.05) is 0 Å². The van der Waals surface area contributed by atoms with Crippen LogP contribution in [0.4, 0.5) is 0 Å². The summed E-state index contributed by atoms with van der Waals surface area (Å²) < 4.78 is 0. The molecule has 4 rings (SSSR count). The van der Waals surface area contributed by atoms with Crippen molar-refractivity contribution in [1.29, 1.82) is 0 Å². The van der Waals surface area contributed by atoms with Gasteiger partial charge in [-0.1, -0.05) is 48.5 Å². The maximum Gasteiger partial charge on any atom is 2.00 e. The van der Waals surface area contributed by atoms with Gasteiger partial charge < -0.3 is 10.2 Å². The Morgan fingerprint density at radius 2 is 0.586 bits per heavy atom. The summed E-state index contributed by atoms with van der Waals surface area (Å²) in [4.78, 5) is 0. The van der Waals surface area contributed by atoms with Crippen LogP contribution in [0.2, 0.25) is 0 Å². The minimum Gasteiger partial charge on any atom is -0.508 e. The molecule has 0 aliphatic heterocycles. The van der Waals surface area contributed by atoms with Crippen LogP contribution in [0.5, 0.6) is 11.5 Å². The molecule has 0 aliphatic carbocycles. The van der Waals surface area contributed by atoms with E-state index in [0.717, 1.165) is 11.1 Å². The van der Waals surface area contributed by atoms with E-state index in [1.54, 1.807) is 48.5 Å². The van der Waals surface area contributed by atoms with Gasteiger partial charge in [-0.05, 0) is 24.3 Å². The van der Waals surface area contributed by atoms with Gasteiger partial charge in [0.2, 0.25) is 0 Å². The van der Waals surface area contributed by atoms with Crippen molar-refractivity contribution in [2.45, 2.75) is 0 Å². The molecule has 0 heterocycles. The topological polar surface area (TPSA) is 40.5 Å². The van der Waals surface area contributed by atoms with E-state index in [0.29, 0.717) is 11.5 Å². The largest absolute Gasteiger partial charge is 2.00 e. The van der Waals surface area contributed by atoms with Gasteiger partial charge in [-0.25, -0.2) is 0 Å². The van der Waals surface area contributed by atoms with Gasteiger partial charge in [0.1, 0.15) is 11.5 Å². The molecule has 0 bridgehead atoms. The van der Waals surface area contributed by atoms with Crippen molar-refractivity contribution in [3.8, 4) is 11.5 Å². The summed E-state index contributed by atoms with van der Waals surface area (Å²) >= 11 is 0. The second-order valence-electron chi connectivity index (χ2n) is 5.64. The average Bonchev–Trinajstić information content (AvgIpc) is 2.72. The third-order valence-corrected chi connectivity index (χ3v) is 3.20. The number of phenolic OH excluding ortho intramolecular Hbond substituents is 2. The Hall–Kier alpha value is -2.90. The Balaban J connectivity index is 0.000000356. The third kappa shape index (κ3) is 15.8. The van der Waals surface area contributed by atoms with Crippen molar-refractivity contribution in [3.63, 3.8) is 0 Å². The predicted molar refractivity (Wildman–Crippen MR) is 118 cm³/mol. The van der Waals surface area contributed by atoms with E-state index >= 15 is 0 Å². The first-order valence-electron chi connectivity index (χ1n) is 8.80. The van der Waals surface area contributed by atoms with Crippen molar-refractivity contribution in [1.82, 2.24) is 0 Å². The van der Waals surface area contributed by atoms with E-state index in [1.807, 2.05) is 72.8 Å². The number of hydrogen-bond donors (Lipinski definition) is 2. The molecule has 29 heavy (non-hydrogen) atoms. The van der Waals surface area contributed by atoms with Gasteiger partial charge >= 0.3 is 26.2 Å². The molecule has 0 aromatic heterocycles. The second-order valence-corrected chi connectivity index (χ2v) is 5.64. The van der Waals surface area contributed by atoms with E-state index in [2.05, 4.69) is 13.8 Å². The minimum atomic E-state index is 0. The molecule has 3 heteroatoms. The van der Waals surface area contributed by atoms with Crippen LogP contribution in [0, 0.1) is 13.8 Å². The van der Waals surface area contributed by atoms with Crippen LogP contribution in [0.3, 0.4) is 0 Å². The summed E-state index contributed by atoms with van der Waals surface area (Å²) in [5.74, 6) is 0.644. The summed E-state index contributed by atoms with van der Waals surface area (Å²) in [6.07, 6.45) is 0. The SMILES string of the molecule is Oc1ccccc1.Oc1ccccc1.[CH2-]c1ccccc1.[CH2-]c1ccccc1.[Zr+2]. The smallest absolute Gasteiger partial charge is 0.508 e. The molecular formula is C26H26O2Zr. The maximum atomic E-state index is 8.63. The molecule has 0 spiro atoms. The molecule has 0 atom stereocenters. The van der Waals surface area contributed by atoms with E-state index in [9.17, 15) is 0 Å². The first-order valence-corrected chi connectivity index (χ1v) is 8.80. The molecule has 0 saturated heterocycles. The predicted octanol–water partition coefficient (Wildman–Crippen LogP) is 6.52. The normalized spacial score (nSPS) is 8.28. The second kappa shape index (κ2) is 17.2. The number of phenols is 2. The monoisotopic (exact) mass is 460 g/mol. The van der Waals surface area contributed by atoms with Crippen molar-refractivity contribution in [3.05, 3.63) is 146 Å². The average molecular weight is 462 g/mol. The summed E-state index contributed by atoms with van der Waals surface area (Å²) in [6.45, 7) is 7.44. The van der Waals surface area contributed by atoms with Crippen LogP contribution in [-0.2, 0) is 26.2 Å². The van der Waals surface area contributed by atoms with Gasteiger partial charge in [0.15, 0.2) is 0 Å². The van der Waals surface area contributed by atoms with Crippen LogP contribution in [0.25, 0.3) is 0 Å². The molecule has 0 unspecified atom stereocenters. The molecule has 0 amide bonds.